The Balaban J connectivity index is 1.60. The summed E-state index contributed by atoms with van der Waals surface area (Å²) in [5.74, 6) is 2.38. The zero-order valence-corrected chi connectivity index (χ0v) is 12.6. The first-order chi connectivity index (χ1) is 10.1. The first-order valence-electron chi connectivity index (χ1n) is 7.58. The number of carbonyl (C=O) groups is 1. The Morgan fingerprint density at radius 2 is 2.00 bits per heavy atom. The van der Waals surface area contributed by atoms with E-state index < -0.39 is 0 Å². The van der Waals surface area contributed by atoms with Crippen molar-refractivity contribution in [2.24, 2.45) is 5.92 Å². The highest BCUT2D eigenvalue weighted by atomic mass is 16.7. The number of fused-ring (bicyclic) bond motifs is 1. The summed E-state index contributed by atoms with van der Waals surface area (Å²) in [6.45, 7) is 6.15. The lowest BCUT2D eigenvalue weighted by atomic mass is 9.99. The molecule has 0 bridgehead atoms. The third-order valence-electron chi connectivity index (χ3n) is 4.22. The van der Waals surface area contributed by atoms with Crippen molar-refractivity contribution < 1.29 is 14.3 Å². The smallest absolute Gasteiger partial charge is 0.244 e. The van der Waals surface area contributed by atoms with Gasteiger partial charge in [-0.25, -0.2) is 0 Å². The number of likely N-dealkylation sites (tertiary alicyclic amines) is 1. The van der Waals surface area contributed by atoms with Gasteiger partial charge in [-0.05, 0) is 37.8 Å². The summed E-state index contributed by atoms with van der Waals surface area (Å²) in [5.41, 5.74) is 0.880. The van der Waals surface area contributed by atoms with Gasteiger partial charge in [-0.15, -0.1) is 0 Å². The number of rotatable bonds is 3. The number of hydrogen-bond donors (Lipinski definition) is 1. The molecule has 2 aliphatic rings. The summed E-state index contributed by atoms with van der Waals surface area (Å²) in [4.78, 5) is 14.4. The standard InChI is InChI=1S/C16H22N2O3/c1-11-5-7-18(8-6-11)16(19)12(2)17-13-3-4-14-15(9-13)21-10-20-14/h3-4,9,11-12,17H,5-8,10H2,1-2H3/t12-/m1/s1. The molecule has 5 nitrogen and oxygen atoms in total. The second kappa shape index (κ2) is 5.84. The van der Waals surface area contributed by atoms with Gasteiger partial charge in [0.2, 0.25) is 12.7 Å². The Bertz CT molecular complexity index is 524. The summed E-state index contributed by atoms with van der Waals surface area (Å²) in [6.07, 6.45) is 2.20. The van der Waals surface area contributed by atoms with Gasteiger partial charge in [0.25, 0.3) is 0 Å². The Kier molecular flexibility index (Phi) is 3.90. The molecule has 0 aliphatic carbocycles. The molecule has 1 N–H and O–H groups in total. The van der Waals surface area contributed by atoms with Crippen LogP contribution in [0.2, 0.25) is 0 Å². The van der Waals surface area contributed by atoms with Crippen molar-refractivity contribution in [2.75, 3.05) is 25.2 Å². The molecule has 0 radical (unpaired) electrons. The molecule has 0 aromatic heterocycles. The average molecular weight is 290 g/mol. The maximum atomic E-state index is 12.5. The lowest BCUT2D eigenvalue weighted by molar-refractivity contribution is -0.132. The molecule has 1 amide bonds. The third kappa shape index (κ3) is 3.06. The maximum absolute atomic E-state index is 12.5. The molecule has 114 valence electrons. The number of nitrogens with one attached hydrogen (secondary N) is 1. The van der Waals surface area contributed by atoms with Crippen LogP contribution in [0.25, 0.3) is 0 Å². The number of anilines is 1. The third-order valence-corrected chi connectivity index (χ3v) is 4.22. The maximum Gasteiger partial charge on any atom is 0.244 e. The van der Waals surface area contributed by atoms with Crippen LogP contribution < -0.4 is 14.8 Å². The molecule has 2 heterocycles. The second-order valence-corrected chi connectivity index (χ2v) is 5.94. The van der Waals surface area contributed by atoms with Gasteiger partial charge in [0.15, 0.2) is 11.5 Å². The molecule has 1 atom stereocenters. The van der Waals surface area contributed by atoms with Crippen molar-refractivity contribution in [3.8, 4) is 11.5 Å². The van der Waals surface area contributed by atoms with Gasteiger partial charge in [-0.2, -0.15) is 0 Å². The molecule has 1 aromatic rings. The molecule has 1 saturated heterocycles. The highest BCUT2D eigenvalue weighted by Gasteiger charge is 2.24. The van der Waals surface area contributed by atoms with Crippen molar-refractivity contribution in [2.45, 2.75) is 32.7 Å². The average Bonchev–Trinajstić information content (AvgIpc) is 2.95. The minimum atomic E-state index is -0.237. The van der Waals surface area contributed by atoms with E-state index in [2.05, 4.69) is 12.2 Å². The van der Waals surface area contributed by atoms with Gasteiger partial charge < -0.3 is 19.7 Å². The number of carbonyl (C=O) groups excluding carboxylic acids is 1. The molecule has 1 fully saturated rings. The lowest BCUT2D eigenvalue weighted by Crippen LogP contribution is -2.45. The first kappa shape index (κ1) is 14.0. The molecule has 5 heteroatoms. The highest BCUT2D eigenvalue weighted by Crippen LogP contribution is 2.34. The van der Waals surface area contributed by atoms with Crippen LogP contribution in [-0.2, 0) is 4.79 Å². The van der Waals surface area contributed by atoms with Crippen molar-refractivity contribution >= 4 is 11.6 Å². The zero-order chi connectivity index (χ0) is 14.8. The Hall–Kier alpha value is -1.91. The lowest BCUT2D eigenvalue weighted by Gasteiger charge is -2.32. The number of benzene rings is 1. The zero-order valence-electron chi connectivity index (χ0n) is 12.6. The summed E-state index contributed by atoms with van der Waals surface area (Å²) in [7, 11) is 0. The van der Waals surface area contributed by atoms with E-state index in [0.29, 0.717) is 0 Å². The summed E-state index contributed by atoms with van der Waals surface area (Å²) in [6, 6.07) is 5.42. The van der Waals surface area contributed by atoms with Crippen LogP contribution in [0.5, 0.6) is 11.5 Å². The molecule has 2 aliphatic heterocycles. The summed E-state index contributed by atoms with van der Waals surface area (Å²) < 4.78 is 10.6. The molecule has 0 unspecified atom stereocenters. The van der Waals surface area contributed by atoms with Gasteiger partial charge >= 0.3 is 0 Å². The fourth-order valence-electron chi connectivity index (χ4n) is 2.80. The SMILES string of the molecule is CC1CCN(C(=O)[C@@H](C)Nc2ccc3c(c2)OCO3)CC1. The topological polar surface area (TPSA) is 50.8 Å². The summed E-state index contributed by atoms with van der Waals surface area (Å²) in [5, 5.41) is 3.25. The number of amides is 1. The molecular weight excluding hydrogens is 268 g/mol. The van der Waals surface area contributed by atoms with Crippen LogP contribution in [0.4, 0.5) is 5.69 Å². The van der Waals surface area contributed by atoms with Crippen molar-refractivity contribution in [3.63, 3.8) is 0 Å². The Labute approximate surface area is 125 Å². The van der Waals surface area contributed by atoms with E-state index in [-0.39, 0.29) is 18.7 Å². The van der Waals surface area contributed by atoms with Gasteiger partial charge in [-0.3, -0.25) is 4.79 Å². The minimum Gasteiger partial charge on any atom is -0.454 e. The van der Waals surface area contributed by atoms with E-state index in [4.69, 9.17) is 9.47 Å². The van der Waals surface area contributed by atoms with Gasteiger partial charge in [-0.1, -0.05) is 6.92 Å². The molecule has 0 saturated carbocycles. The van der Waals surface area contributed by atoms with Crippen molar-refractivity contribution in [1.82, 2.24) is 4.90 Å². The first-order valence-corrected chi connectivity index (χ1v) is 7.58. The fraction of sp³-hybridized carbons (Fsp3) is 0.562. The second-order valence-electron chi connectivity index (χ2n) is 5.94. The number of ether oxygens (including phenoxy) is 2. The Morgan fingerprint density at radius 1 is 1.29 bits per heavy atom. The monoisotopic (exact) mass is 290 g/mol. The molecule has 0 spiro atoms. The van der Waals surface area contributed by atoms with Crippen LogP contribution in [0.1, 0.15) is 26.7 Å². The van der Waals surface area contributed by atoms with Gasteiger partial charge in [0.05, 0.1) is 0 Å². The van der Waals surface area contributed by atoms with Gasteiger partial charge in [0, 0.05) is 24.8 Å². The fourth-order valence-corrected chi connectivity index (χ4v) is 2.80. The van der Waals surface area contributed by atoms with E-state index in [0.717, 1.165) is 49.0 Å². The number of piperidine rings is 1. The quantitative estimate of drug-likeness (QED) is 0.929. The van der Waals surface area contributed by atoms with Crippen LogP contribution in [0, 0.1) is 5.92 Å². The van der Waals surface area contributed by atoms with Crippen LogP contribution in [0.3, 0.4) is 0 Å². The van der Waals surface area contributed by atoms with Crippen LogP contribution in [-0.4, -0.2) is 36.7 Å². The molecule has 1 aromatic carbocycles. The van der Waals surface area contributed by atoms with E-state index in [9.17, 15) is 4.79 Å². The molecule has 3 rings (SSSR count). The van der Waals surface area contributed by atoms with Crippen LogP contribution >= 0.6 is 0 Å². The number of nitrogens with zero attached hydrogens (tertiary/aromatic N) is 1. The van der Waals surface area contributed by atoms with E-state index in [1.54, 1.807) is 0 Å². The predicted octanol–water partition coefficient (Wildman–Crippen LogP) is 2.47. The van der Waals surface area contributed by atoms with E-state index in [1.807, 2.05) is 30.0 Å². The summed E-state index contributed by atoms with van der Waals surface area (Å²) >= 11 is 0. The highest BCUT2D eigenvalue weighted by molar-refractivity contribution is 5.84. The van der Waals surface area contributed by atoms with Crippen molar-refractivity contribution in [1.29, 1.82) is 0 Å². The minimum absolute atomic E-state index is 0.166. The molecule has 21 heavy (non-hydrogen) atoms. The Morgan fingerprint density at radius 3 is 2.76 bits per heavy atom. The largest absolute Gasteiger partial charge is 0.454 e. The predicted molar refractivity (Wildman–Crippen MR) is 80.6 cm³/mol. The molecular formula is C16H22N2O3. The van der Waals surface area contributed by atoms with Gasteiger partial charge in [0.1, 0.15) is 6.04 Å². The van der Waals surface area contributed by atoms with E-state index >= 15 is 0 Å². The van der Waals surface area contributed by atoms with Crippen LogP contribution in [0.15, 0.2) is 18.2 Å². The van der Waals surface area contributed by atoms with E-state index in [1.165, 1.54) is 0 Å². The number of hydrogen-bond acceptors (Lipinski definition) is 4. The normalized spacial score (nSPS) is 19.4. The van der Waals surface area contributed by atoms with Crippen molar-refractivity contribution in [3.05, 3.63) is 18.2 Å².